The smallest absolute Gasteiger partial charge is 0.423 e. The Balaban J connectivity index is 3.29. The largest absolute Gasteiger partial charge is 0.488 e. The van der Waals surface area contributed by atoms with Gasteiger partial charge in [0.25, 0.3) is 5.69 Å². The summed E-state index contributed by atoms with van der Waals surface area (Å²) in [6.45, 7) is 0. The molecule has 0 aromatic heterocycles. The van der Waals surface area contributed by atoms with Gasteiger partial charge in [-0.2, -0.15) is 0 Å². The van der Waals surface area contributed by atoms with Crippen molar-refractivity contribution < 1.29 is 24.4 Å². The molecular formula is C9H12BNO6. The van der Waals surface area contributed by atoms with E-state index in [-0.39, 0.29) is 16.7 Å². The molecule has 8 heteroatoms. The molecule has 0 heterocycles. The Morgan fingerprint density at radius 1 is 1.35 bits per heavy atom. The number of hydrogen-bond donors (Lipinski definition) is 2. The van der Waals surface area contributed by atoms with E-state index in [2.05, 4.69) is 0 Å². The van der Waals surface area contributed by atoms with Crippen LogP contribution in [-0.2, 0) is 9.47 Å². The Morgan fingerprint density at radius 3 is 2.35 bits per heavy atom. The third-order valence-electron chi connectivity index (χ3n) is 2.23. The Morgan fingerprint density at radius 2 is 1.94 bits per heavy atom. The van der Waals surface area contributed by atoms with Gasteiger partial charge in [0.15, 0.2) is 6.29 Å². The second-order valence-electron chi connectivity index (χ2n) is 3.25. The monoisotopic (exact) mass is 241 g/mol. The molecule has 1 rings (SSSR count). The molecule has 0 atom stereocenters. The van der Waals surface area contributed by atoms with Gasteiger partial charge in [-0.25, -0.2) is 0 Å². The van der Waals surface area contributed by atoms with Crippen molar-refractivity contribution in [3.8, 4) is 0 Å². The number of methoxy groups -OCH3 is 2. The van der Waals surface area contributed by atoms with Crippen molar-refractivity contribution in [1.29, 1.82) is 0 Å². The molecular weight excluding hydrogens is 229 g/mol. The van der Waals surface area contributed by atoms with Gasteiger partial charge in [-0.3, -0.25) is 10.1 Å². The van der Waals surface area contributed by atoms with Crippen molar-refractivity contribution in [2.45, 2.75) is 6.29 Å². The quantitative estimate of drug-likeness (QED) is 0.313. The summed E-state index contributed by atoms with van der Waals surface area (Å²) >= 11 is 0. The molecule has 0 radical (unpaired) electrons. The number of nitro benzene ring substituents is 1. The first-order chi connectivity index (χ1) is 8.01. The molecule has 0 aliphatic heterocycles. The van der Waals surface area contributed by atoms with Crippen LogP contribution in [0.5, 0.6) is 0 Å². The highest BCUT2D eigenvalue weighted by Crippen LogP contribution is 2.26. The lowest BCUT2D eigenvalue weighted by atomic mass is 9.79. The number of rotatable bonds is 5. The summed E-state index contributed by atoms with van der Waals surface area (Å²) in [5.41, 5.74) is 0.0541. The molecule has 0 spiro atoms. The van der Waals surface area contributed by atoms with Crippen molar-refractivity contribution in [2.75, 3.05) is 14.2 Å². The van der Waals surface area contributed by atoms with E-state index in [1.165, 1.54) is 32.4 Å². The molecule has 7 nitrogen and oxygen atoms in total. The van der Waals surface area contributed by atoms with Crippen molar-refractivity contribution in [1.82, 2.24) is 0 Å². The zero-order chi connectivity index (χ0) is 13.0. The van der Waals surface area contributed by atoms with Gasteiger partial charge in [-0.15, -0.1) is 0 Å². The minimum atomic E-state index is -1.70. The van der Waals surface area contributed by atoms with Crippen LogP contribution in [-0.4, -0.2) is 36.3 Å². The first-order valence-corrected chi connectivity index (χ1v) is 4.71. The predicted molar refractivity (Wildman–Crippen MR) is 59.7 cm³/mol. The Kier molecular flexibility index (Phi) is 4.58. The Bertz CT molecular complexity index is 406. The van der Waals surface area contributed by atoms with E-state index in [1.807, 2.05) is 0 Å². The highest BCUT2D eigenvalue weighted by molar-refractivity contribution is 6.58. The van der Waals surface area contributed by atoms with Crippen LogP contribution in [0.3, 0.4) is 0 Å². The van der Waals surface area contributed by atoms with Gasteiger partial charge in [0, 0.05) is 20.3 Å². The van der Waals surface area contributed by atoms with Crippen LogP contribution >= 0.6 is 0 Å². The molecule has 1 aromatic rings. The average molecular weight is 241 g/mol. The molecule has 0 saturated heterocycles. The van der Waals surface area contributed by atoms with Crippen LogP contribution in [0.25, 0.3) is 0 Å². The van der Waals surface area contributed by atoms with E-state index >= 15 is 0 Å². The maximum absolute atomic E-state index is 10.8. The van der Waals surface area contributed by atoms with Crippen molar-refractivity contribution in [3.63, 3.8) is 0 Å². The summed E-state index contributed by atoms with van der Waals surface area (Å²) in [7, 11) is 0.962. The van der Waals surface area contributed by atoms with E-state index in [9.17, 15) is 10.1 Å². The van der Waals surface area contributed by atoms with E-state index < -0.39 is 18.3 Å². The first kappa shape index (κ1) is 13.6. The van der Waals surface area contributed by atoms with Gasteiger partial charge in [0.2, 0.25) is 0 Å². The SMILES string of the molecule is COC(OC)c1cc(B(O)O)ccc1[N+](=O)[O-]. The summed E-state index contributed by atoms with van der Waals surface area (Å²) in [5, 5.41) is 28.8. The van der Waals surface area contributed by atoms with E-state index in [0.717, 1.165) is 0 Å². The molecule has 0 amide bonds. The molecule has 0 saturated carbocycles. The van der Waals surface area contributed by atoms with E-state index in [0.29, 0.717) is 0 Å². The van der Waals surface area contributed by atoms with Crippen molar-refractivity contribution in [3.05, 3.63) is 33.9 Å². The van der Waals surface area contributed by atoms with Crippen LogP contribution in [0.4, 0.5) is 5.69 Å². The molecule has 0 aliphatic carbocycles. The second kappa shape index (κ2) is 5.73. The highest BCUT2D eigenvalue weighted by atomic mass is 16.7. The van der Waals surface area contributed by atoms with Crippen LogP contribution in [0, 0.1) is 10.1 Å². The number of hydrogen-bond acceptors (Lipinski definition) is 6. The Labute approximate surface area is 97.9 Å². The number of ether oxygens (including phenoxy) is 2. The van der Waals surface area contributed by atoms with Gasteiger partial charge in [0.1, 0.15) is 0 Å². The minimum Gasteiger partial charge on any atom is -0.423 e. The lowest BCUT2D eigenvalue weighted by molar-refractivity contribution is -0.387. The lowest BCUT2D eigenvalue weighted by Gasteiger charge is -2.14. The van der Waals surface area contributed by atoms with Crippen LogP contribution in [0.2, 0.25) is 0 Å². The van der Waals surface area contributed by atoms with Gasteiger partial charge in [-0.1, -0.05) is 6.07 Å². The molecule has 0 fully saturated rings. The molecule has 17 heavy (non-hydrogen) atoms. The highest BCUT2D eigenvalue weighted by Gasteiger charge is 2.24. The van der Waals surface area contributed by atoms with Gasteiger partial charge in [-0.05, 0) is 11.5 Å². The first-order valence-electron chi connectivity index (χ1n) is 4.71. The van der Waals surface area contributed by atoms with E-state index in [1.54, 1.807) is 0 Å². The zero-order valence-electron chi connectivity index (χ0n) is 9.36. The summed E-state index contributed by atoms with van der Waals surface area (Å²) in [5.74, 6) is 0. The summed E-state index contributed by atoms with van der Waals surface area (Å²) in [6, 6.07) is 3.70. The second-order valence-corrected chi connectivity index (χ2v) is 3.25. The van der Waals surface area contributed by atoms with Crippen LogP contribution in [0.15, 0.2) is 18.2 Å². The normalized spacial score (nSPS) is 10.6. The summed E-state index contributed by atoms with van der Waals surface area (Å²) < 4.78 is 9.84. The molecule has 0 unspecified atom stereocenters. The fourth-order valence-electron chi connectivity index (χ4n) is 1.44. The van der Waals surface area contributed by atoms with Crippen molar-refractivity contribution >= 4 is 18.3 Å². The molecule has 1 aromatic carbocycles. The fourth-order valence-corrected chi connectivity index (χ4v) is 1.44. The predicted octanol–water partition coefficient (Wildman–Crippen LogP) is -0.434. The number of nitro groups is 1. The molecule has 0 bridgehead atoms. The van der Waals surface area contributed by atoms with Crippen LogP contribution < -0.4 is 5.46 Å². The third kappa shape index (κ3) is 3.01. The molecule has 0 aliphatic rings. The minimum absolute atomic E-state index is 0.129. The maximum atomic E-state index is 10.8. The van der Waals surface area contributed by atoms with Gasteiger partial charge >= 0.3 is 7.12 Å². The number of benzene rings is 1. The third-order valence-corrected chi connectivity index (χ3v) is 2.23. The summed E-state index contributed by atoms with van der Waals surface area (Å²) in [6.07, 6.45) is -0.936. The summed E-state index contributed by atoms with van der Waals surface area (Å²) in [4.78, 5) is 10.2. The maximum Gasteiger partial charge on any atom is 0.488 e. The number of nitrogens with zero attached hydrogens (tertiary/aromatic N) is 1. The standard InChI is InChI=1S/C9H12BNO6/c1-16-9(17-2)7-5-6(10(12)13)3-4-8(7)11(14)15/h3-5,9,12-13H,1-2H3. The van der Waals surface area contributed by atoms with E-state index in [4.69, 9.17) is 19.5 Å². The van der Waals surface area contributed by atoms with Crippen molar-refractivity contribution in [2.24, 2.45) is 0 Å². The van der Waals surface area contributed by atoms with Gasteiger partial charge < -0.3 is 19.5 Å². The zero-order valence-corrected chi connectivity index (χ0v) is 9.36. The lowest BCUT2D eigenvalue weighted by Crippen LogP contribution is -2.30. The topological polar surface area (TPSA) is 102 Å². The Hall–Kier alpha value is -1.48. The fraction of sp³-hybridized carbons (Fsp3) is 0.333. The van der Waals surface area contributed by atoms with Gasteiger partial charge in [0.05, 0.1) is 10.5 Å². The molecule has 92 valence electrons. The molecule has 2 N–H and O–H groups in total. The average Bonchev–Trinajstić information content (AvgIpc) is 2.30. The van der Waals surface area contributed by atoms with Crippen LogP contribution in [0.1, 0.15) is 11.9 Å².